The van der Waals surface area contributed by atoms with Gasteiger partial charge in [-0.25, -0.2) is 4.98 Å². The first-order valence-electron chi connectivity index (χ1n) is 6.05. The van der Waals surface area contributed by atoms with Crippen LogP contribution in [0.1, 0.15) is 18.9 Å². The van der Waals surface area contributed by atoms with Gasteiger partial charge in [0.15, 0.2) is 0 Å². The van der Waals surface area contributed by atoms with Gasteiger partial charge in [-0.05, 0) is 31.0 Å². The van der Waals surface area contributed by atoms with Crippen molar-refractivity contribution < 1.29 is 4.79 Å². The zero-order valence-corrected chi connectivity index (χ0v) is 12.7. The second-order valence-corrected chi connectivity index (χ2v) is 6.80. The quantitative estimate of drug-likeness (QED) is 0.868. The Morgan fingerprint density at radius 1 is 1.53 bits per heavy atom. The van der Waals surface area contributed by atoms with Gasteiger partial charge in [-0.2, -0.15) is 0 Å². The summed E-state index contributed by atoms with van der Waals surface area (Å²) < 4.78 is -0.926. The average molecular weight is 302 g/mol. The van der Waals surface area contributed by atoms with Crippen molar-refractivity contribution in [2.45, 2.75) is 24.2 Å². The SMILES string of the molecule is CN(C)c1cc(CNC(=O)C2(C)CC2(Cl)Cl)ccn1. The van der Waals surface area contributed by atoms with Crippen LogP contribution >= 0.6 is 23.2 Å². The maximum absolute atomic E-state index is 12.0. The maximum Gasteiger partial charge on any atom is 0.229 e. The molecule has 1 fully saturated rings. The highest BCUT2D eigenvalue weighted by Gasteiger charge is 2.67. The van der Waals surface area contributed by atoms with E-state index in [9.17, 15) is 4.79 Å². The highest BCUT2D eigenvalue weighted by molar-refractivity contribution is 6.53. The summed E-state index contributed by atoms with van der Waals surface area (Å²) in [5, 5.41) is 2.87. The first kappa shape index (κ1) is 14.4. The van der Waals surface area contributed by atoms with Gasteiger partial charge in [0.2, 0.25) is 5.91 Å². The van der Waals surface area contributed by atoms with Crippen molar-refractivity contribution in [2.24, 2.45) is 5.41 Å². The number of anilines is 1. The number of amides is 1. The van der Waals surface area contributed by atoms with Crippen LogP contribution in [0.4, 0.5) is 5.82 Å². The van der Waals surface area contributed by atoms with E-state index >= 15 is 0 Å². The average Bonchev–Trinajstić information content (AvgIpc) is 2.87. The summed E-state index contributed by atoms with van der Waals surface area (Å²) in [6, 6.07) is 3.81. The van der Waals surface area contributed by atoms with Crippen LogP contribution in [0.15, 0.2) is 18.3 Å². The van der Waals surface area contributed by atoms with Crippen LogP contribution in [0.25, 0.3) is 0 Å². The monoisotopic (exact) mass is 301 g/mol. The Morgan fingerprint density at radius 2 is 2.16 bits per heavy atom. The number of carbonyl (C=O) groups excluding carboxylic acids is 1. The van der Waals surface area contributed by atoms with E-state index in [1.807, 2.05) is 31.1 Å². The first-order valence-corrected chi connectivity index (χ1v) is 6.80. The molecule has 0 saturated heterocycles. The van der Waals surface area contributed by atoms with Crippen LogP contribution in [-0.4, -0.2) is 29.3 Å². The molecule has 104 valence electrons. The summed E-state index contributed by atoms with van der Waals surface area (Å²) in [7, 11) is 3.84. The molecule has 1 unspecified atom stereocenters. The zero-order valence-electron chi connectivity index (χ0n) is 11.2. The molecule has 1 amide bonds. The van der Waals surface area contributed by atoms with Gasteiger partial charge in [0.25, 0.3) is 0 Å². The van der Waals surface area contributed by atoms with Gasteiger partial charge in [-0.1, -0.05) is 0 Å². The van der Waals surface area contributed by atoms with E-state index in [0.29, 0.717) is 13.0 Å². The molecule has 1 atom stereocenters. The fraction of sp³-hybridized carbons (Fsp3) is 0.538. The van der Waals surface area contributed by atoms with Crippen molar-refractivity contribution in [3.8, 4) is 0 Å². The number of hydrogen-bond acceptors (Lipinski definition) is 3. The number of halogens is 2. The summed E-state index contributed by atoms with van der Waals surface area (Å²) in [5.74, 6) is 0.745. The minimum Gasteiger partial charge on any atom is -0.363 e. The highest BCUT2D eigenvalue weighted by Crippen LogP contribution is 2.63. The van der Waals surface area contributed by atoms with Crippen molar-refractivity contribution in [3.63, 3.8) is 0 Å². The second kappa shape index (κ2) is 4.84. The molecule has 0 aliphatic heterocycles. The van der Waals surface area contributed by atoms with E-state index < -0.39 is 9.75 Å². The van der Waals surface area contributed by atoms with Crippen LogP contribution < -0.4 is 10.2 Å². The zero-order chi connectivity index (χ0) is 14.3. The number of pyridine rings is 1. The molecule has 6 heteroatoms. The normalized spacial score (nSPS) is 23.8. The molecule has 1 aromatic heterocycles. The van der Waals surface area contributed by atoms with Gasteiger partial charge in [0.05, 0.1) is 5.41 Å². The van der Waals surface area contributed by atoms with Crippen molar-refractivity contribution in [2.75, 3.05) is 19.0 Å². The molecule has 1 aromatic rings. The van der Waals surface area contributed by atoms with E-state index in [2.05, 4.69) is 10.3 Å². The Balaban J connectivity index is 1.96. The predicted molar refractivity (Wildman–Crippen MR) is 77.6 cm³/mol. The van der Waals surface area contributed by atoms with Crippen molar-refractivity contribution >= 4 is 34.9 Å². The first-order chi connectivity index (χ1) is 8.76. The molecule has 1 N–H and O–H groups in total. The van der Waals surface area contributed by atoms with E-state index in [4.69, 9.17) is 23.2 Å². The molecular formula is C13H17Cl2N3O. The van der Waals surface area contributed by atoms with Crippen LogP contribution in [0.3, 0.4) is 0 Å². The molecule has 0 radical (unpaired) electrons. The highest BCUT2D eigenvalue weighted by atomic mass is 35.5. The predicted octanol–water partition coefficient (Wildman–Crippen LogP) is 2.35. The summed E-state index contributed by atoms with van der Waals surface area (Å²) in [6.45, 7) is 2.22. The molecule has 1 aliphatic rings. The fourth-order valence-electron chi connectivity index (χ4n) is 1.84. The number of aromatic nitrogens is 1. The van der Waals surface area contributed by atoms with E-state index in [1.54, 1.807) is 13.1 Å². The molecule has 0 aromatic carbocycles. The Labute approximate surface area is 123 Å². The van der Waals surface area contributed by atoms with Crippen LogP contribution in [0.2, 0.25) is 0 Å². The lowest BCUT2D eigenvalue weighted by Crippen LogP contribution is -2.32. The minimum atomic E-state index is -0.926. The van der Waals surface area contributed by atoms with Crippen LogP contribution in [0, 0.1) is 5.41 Å². The van der Waals surface area contributed by atoms with Crippen LogP contribution in [-0.2, 0) is 11.3 Å². The number of rotatable bonds is 4. The Bertz CT molecular complexity index is 504. The maximum atomic E-state index is 12.0. The molecule has 1 saturated carbocycles. The fourth-order valence-corrected chi connectivity index (χ4v) is 2.54. The molecule has 1 heterocycles. The summed E-state index contributed by atoms with van der Waals surface area (Å²) in [5.41, 5.74) is 0.319. The lowest BCUT2D eigenvalue weighted by molar-refractivity contribution is -0.125. The number of carbonyl (C=O) groups is 1. The smallest absolute Gasteiger partial charge is 0.229 e. The third-order valence-corrected chi connectivity index (χ3v) is 4.58. The van der Waals surface area contributed by atoms with Crippen molar-refractivity contribution in [1.82, 2.24) is 10.3 Å². The van der Waals surface area contributed by atoms with Crippen molar-refractivity contribution in [3.05, 3.63) is 23.9 Å². The number of alkyl halides is 2. The standard InChI is InChI=1S/C13H17Cl2N3O/c1-12(8-13(12,14)15)11(19)17-7-9-4-5-16-10(6-9)18(2)3/h4-6H,7-8H2,1-3H3,(H,17,19). The topological polar surface area (TPSA) is 45.2 Å². The summed E-state index contributed by atoms with van der Waals surface area (Å²) in [6.07, 6.45) is 2.22. The van der Waals surface area contributed by atoms with Crippen molar-refractivity contribution in [1.29, 1.82) is 0 Å². The Kier molecular flexibility index (Phi) is 3.67. The number of hydrogen-bond donors (Lipinski definition) is 1. The van der Waals surface area contributed by atoms with Crippen LogP contribution in [0.5, 0.6) is 0 Å². The number of nitrogens with one attached hydrogen (secondary N) is 1. The largest absolute Gasteiger partial charge is 0.363 e. The van der Waals surface area contributed by atoms with E-state index in [1.165, 1.54) is 0 Å². The number of nitrogens with zero attached hydrogens (tertiary/aromatic N) is 2. The summed E-state index contributed by atoms with van der Waals surface area (Å²) >= 11 is 12.0. The van der Waals surface area contributed by atoms with E-state index in [-0.39, 0.29) is 5.91 Å². The lowest BCUT2D eigenvalue weighted by atomic mass is 10.1. The van der Waals surface area contributed by atoms with Gasteiger partial charge >= 0.3 is 0 Å². The molecule has 0 bridgehead atoms. The molecule has 1 aliphatic carbocycles. The lowest BCUT2D eigenvalue weighted by Gasteiger charge is -2.14. The Hall–Kier alpha value is -1.00. The van der Waals surface area contributed by atoms with Gasteiger partial charge in [0, 0.05) is 26.8 Å². The molecule has 0 spiro atoms. The van der Waals surface area contributed by atoms with Gasteiger partial charge < -0.3 is 10.2 Å². The summed E-state index contributed by atoms with van der Waals surface area (Å²) in [4.78, 5) is 18.2. The van der Waals surface area contributed by atoms with Gasteiger partial charge in [-0.15, -0.1) is 23.2 Å². The molecule has 2 rings (SSSR count). The molecule has 19 heavy (non-hydrogen) atoms. The third kappa shape index (κ3) is 2.79. The molecule has 4 nitrogen and oxygen atoms in total. The van der Waals surface area contributed by atoms with Gasteiger partial charge in [0.1, 0.15) is 10.2 Å². The Morgan fingerprint density at radius 3 is 2.68 bits per heavy atom. The molecular weight excluding hydrogens is 285 g/mol. The van der Waals surface area contributed by atoms with E-state index in [0.717, 1.165) is 11.4 Å². The van der Waals surface area contributed by atoms with Gasteiger partial charge in [-0.3, -0.25) is 4.79 Å². The second-order valence-electron chi connectivity index (χ2n) is 5.31. The minimum absolute atomic E-state index is 0.110. The third-order valence-electron chi connectivity index (χ3n) is 3.48.